The zero-order valence-electron chi connectivity index (χ0n) is 3.67. The van der Waals surface area contributed by atoms with E-state index in [2.05, 4.69) is 9.05 Å². The van der Waals surface area contributed by atoms with Crippen LogP contribution in [0.4, 0.5) is 0 Å². The van der Waals surface area contributed by atoms with Crippen molar-refractivity contribution in [2.75, 3.05) is 14.2 Å². The first-order valence-corrected chi connectivity index (χ1v) is 2.46. The fraction of sp³-hybridized carbons (Fsp3) is 1.00. The molecule has 0 atom stereocenters. The van der Waals surface area contributed by atoms with Crippen molar-refractivity contribution in [1.29, 1.82) is 0 Å². The van der Waals surface area contributed by atoms with Crippen LogP contribution in [0.15, 0.2) is 0 Å². The third-order valence-electron chi connectivity index (χ3n) is 0.298. The van der Waals surface area contributed by atoms with Gasteiger partial charge in [0, 0.05) is 4.57 Å². The average Bonchev–Trinajstić information content (AvgIpc) is 1.65. The van der Waals surface area contributed by atoms with Gasteiger partial charge in [-0.05, 0) is 0 Å². The Labute approximate surface area is 44.6 Å². The Morgan fingerprint density at radius 1 is 1.29 bits per heavy atom. The van der Waals surface area contributed by atoms with Crippen LogP contribution in [-0.2, 0) is 13.6 Å². The second-order valence-electron chi connectivity index (χ2n) is 0.589. The van der Waals surface area contributed by atoms with Crippen molar-refractivity contribution in [3.05, 3.63) is 0 Å². The lowest BCUT2D eigenvalue weighted by Gasteiger charge is -1.66. The molecule has 0 radical (unpaired) electrons. The molecule has 3 nitrogen and oxygen atoms in total. The lowest BCUT2D eigenvalue weighted by Crippen LogP contribution is -1.66. The topological polar surface area (TPSA) is 35.5 Å². The molecular formula is C3H10O3P+. The maximum absolute atomic E-state index is 9.88. The summed E-state index contributed by atoms with van der Waals surface area (Å²) in [7, 11) is 0.817. The first-order chi connectivity index (χ1) is 2.81. The average molecular weight is 125 g/mol. The zero-order valence-corrected chi connectivity index (χ0v) is 4.57. The van der Waals surface area contributed by atoms with Crippen molar-refractivity contribution < 1.29 is 13.6 Å². The van der Waals surface area contributed by atoms with Crippen LogP contribution in [0.2, 0.25) is 0 Å². The number of hydrogen-bond acceptors (Lipinski definition) is 3. The molecule has 4 heteroatoms. The maximum Gasteiger partial charge on any atom is 0.696 e. The predicted molar refractivity (Wildman–Crippen MR) is 28.4 cm³/mol. The van der Waals surface area contributed by atoms with Crippen LogP contribution in [-0.4, -0.2) is 14.2 Å². The van der Waals surface area contributed by atoms with E-state index in [1.165, 1.54) is 14.2 Å². The highest BCUT2D eigenvalue weighted by molar-refractivity contribution is 7.33. The monoisotopic (exact) mass is 125 g/mol. The normalized spacial score (nSPS) is 7.14. The molecule has 0 N–H and O–H groups in total. The molecular weight excluding hydrogens is 115 g/mol. The predicted octanol–water partition coefficient (Wildman–Crippen LogP) is 1.57. The summed E-state index contributed by atoms with van der Waals surface area (Å²) < 4.78 is 18.3. The van der Waals surface area contributed by atoms with Crippen LogP contribution < -0.4 is 0 Å². The van der Waals surface area contributed by atoms with Gasteiger partial charge in [0.2, 0.25) is 0 Å². The molecule has 0 unspecified atom stereocenters. The summed E-state index contributed by atoms with van der Waals surface area (Å²) in [5.74, 6) is 0. The quantitative estimate of drug-likeness (QED) is 0.525. The highest BCUT2D eigenvalue weighted by Gasteiger charge is 2.10. The van der Waals surface area contributed by atoms with Gasteiger partial charge in [-0.15, -0.1) is 9.05 Å². The van der Waals surface area contributed by atoms with Crippen LogP contribution in [0.25, 0.3) is 0 Å². The zero-order chi connectivity index (χ0) is 4.99. The molecule has 0 bridgehead atoms. The van der Waals surface area contributed by atoms with E-state index in [0.717, 1.165) is 0 Å². The van der Waals surface area contributed by atoms with Crippen LogP contribution in [0.5, 0.6) is 0 Å². The molecule has 0 saturated heterocycles. The Bertz CT molecular complexity index is 48.1. The van der Waals surface area contributed by atoms with Gasteiger partial charge < -0.3 is 0 Å². The summed E-state index contributed by atoms with van der Waals surface area (Å²) in [4.78, 5) is 0. The van der Waals surface area contributed by atoms with E-state index in [4.69, 9.17) is 0 Å². The first-order valence-electron chi connectivity index (χ1n) is 1.36. The molecule has 0 aliphatic rings. The first kappa shape index (κ1) is 10.1. The molecule has 0 aliphatic heterocycles. The van der Waals surface area contributed by atoms with Gasteiger partial charge in [-0.25, -0.2) is 0 Å². The Hall–Kier alpha value is 0.0200. The van der Waals surface area contributed by atoms with Crippen molar-refractivity contribution >= 4 is 8.25 Å². The third kappa shape index (κ3) is 6.02. The van der Waals surface area contributed by atoms with Crippen molar-refractivity contribution in [3.8, 4) is 0 Å². The van der Waals surface area contributed by atoms with Crippen LogP contribution in [0, 0.1) is 0 Å². The Morgan fingerprint density at radius 2 is 1.57 bits per heavy atom. The van der Waals surface area contributed by atoms with E-state index in [1.54, 1.807) is 0 Å². The largest absolute Gasteiger partial charge is 0.696 e. The van der Waals surface area contributed by atoms with Gasteiger partial charge in [-0.2, -0.15) is 0 Å². The van der Waals surface area contributed by atoms with Gasteiger partial charge in [-0.3, -0.25) is 0 Å². The maximum atomic E-state index is 9.88. The molecule has 0 aromatic carbocycles. The van der Waals surface area contributed by atoms with E-state index < -0.39 is 8.25 Å². The van der Waals surface area contributed by atoms with Gasteiger partial charge in [0.25, 0.3) is 0 Å². The highest BCUT2D eigenvalue weighted by atomic mass is 31.1. The van der Waals surface area contributed by atoms with Crippen molar-refractivity contribution in [1.82, 2.24) is 0 Å². The molecule has 0 rings (SSSR count). The molecule has 0 fully saturated rings. The fourth-order valence-electron chi connectivity index (χ4n) is 0.0745. The van der Waals surface area contributed by atoms with Gasteiger partial charge in [0.05, 0.1) is 14.2 Å². The number of rotatable bonds is 2. The Kier molecular flexibility index (Phi) is 8.68. The van der Waals surface area contributed by atoms with E-state index >= 15 is 0 Å². The van der Waals surface area contributed by atoms with Gasteiger partial charge in [0.15, 0.2) is 0 Å². The van der Waals surface area contributed by atoms with E-state index in [-0.39, 0.29) is 7.43 Å². The second-order valence-corrected chi connectivity index (χ2v) is 1.77. The fourth-order valence-corrected chi connectivity index (χ4v) is 0.224. The summed E-state index contributed by atoms with van der Waals surface area (Å²) in [5.41, 5.74) is 0. The molecule has 0 aromatic rings. The second kappa shape index (κ2) is 6.02. The minimum absolute atomic E-state index is 0. The highest BCUT2D eigenvalue weighted by Crippen LogP contribution is 2.18. The smallest absolute Gasteiger partial charge is 0.122 e. The SMILES string of the molecule is C.CO[P+](=O)OC. The van der Waals surface area contributed by atoms with E-state index in [0.29, 0.717) is 0 Å². The lowest BCUT2D eigenvalue weighted by molar-refractivity contribution is 0.302. The van der Waals surface area contributed by atoms with Crippen LogP contribution in [0.3, 0.4) is 0 Å². The van der Waals surface area contributed by atoms with Crippen molar-refractivity contribution in [2.45, 2.75) is 7.43 Å². The van der Waals surface area contributed by atoms with Gasteiger partial charge >= 0.3 is 8.25 Å². The van der Waals surface area contributed by atoms with E-state index in [1.807, 2.05) is 0 Å². The third-order valence-corrected chi connectivity index (χ3v) is 0.894. The summed E-state index contributed by atoms with van der Waals surface area (Å²) >= 11 is 0. The summed E-state index contributed by atoms with van der Waals surface area (Å²) in [6.07, 6.45) is 0. The lowest BCUT2D eigenvalue weighted by atomic mass is 11.8. The summed E-state index contributed by atoms with van der Waals surface area (Å²) in [5, 5.41) is 0. The Morgan fingerprint density at radius 3 is 1.57 bits per heavy atom. The molecule has 0 aliphatic carbocycles. The van der Waals surface area contributed by atoms with Crippen LogP contribution in [0.1, 0.15) is 7.43 Å². The number of hydrogen-bond donors (Lipinski definition) is 0. The minimum atomic E-state index is -1.83. The molecule has 0 amide bonds. The molecule has 44 valence electrons. The molecule has 7 heavy (non-hydrogen) atoms. The van der Waals surface area contributed by atoms with Crippen molar-refractivity contribution in [3.63, 3.8) is 0 Å². The van der Waals surface area contributed by atoms with Crippen molar-refractivity contribution in [2.24, 2.45) is 0 Å². The molecule has 0 saturated carbocycles. The minimum Gasteiger partial charge on any atom is -0.122 e. The van der Waals surface area contributed by atoms with E-state index in [9.17, 15) is 4.57 Å². The standard InChI is InChI=1S/C2H6O3P.CH4/c1-4-6(3)5-2;/h1-2H3;1H4/q+1;. The summed E-state index contributed by atoms with van der Waals surface area (Å²) in [6, 6.07) is 0. The molecule has 0 spiro atoms. The Balaban J connectivity index is 0. The van der Waals surface area contributed by atoms with Gasteiger partial charge in [0.1, 0.15) is 0 Å². The molecule has 0 aromatic heterocycles. The summed E-state index contributed by atoms with van der Waals surface area (Å²) in [6.45, 7) is 0. The van der Waals surface area contributed by atoms with Crippen LogP contribution >= 0.6 is 8.25 Å². The van der Waals surface area contributed by atoms with Gasteiger partial charge in [-0.1, -0.05) is 7.43 Å². The molecule has 0 heterocycles.